The quantitative estimate of drug-likeness (QED) is 0.762. The fraction of sp³-hybridized carbons (Fsp3) is 0.417. The van der Waals surface area contributed by atoms with Gasteiger partial charge in [-0.2, -0.15) is 0 Å². The molecule has 0 spiro atoms. The number of carbonyl (C=O) groups is 1. The van der Waals surface area contributed by atoms with Crippen molar-refractivity contribution in [1.82, 2.24) is 0 Å². The highest BCUT2D eigenvalue weighted by Gasteiger charge is 2.45. The van der Waals surface area contributed by atoms with E-state index in [1.54, 1.807) is 12.1 Å². The molecule has 0 aliphatic heterocycles. The summed E-state index contributed by atoms with van der Waals surface area (Å²) in [6, 6.07) is 7.17. The van der Waals surface area contributed by atoms with E-state index in [4.69, 9.17) is 10.5 Å². The van der Waals surface area contributed by atoms with Crippen molar-refractivity contribution < 1.29 is 9.53 Å². The lowest BCUT2D eigenvalue weighted by Gasteiger charge is -2.08. The minimum atomic E-state index is -0.576. The van der Waals surface area contributed by atoms with Crippen LogP contribution in [0.2, 0.25) is 0 Å². The number of rotatable bonds is 4. The second kappa shape index (κ2) is 3.66. The molecule has 0 unspecified atom stereocenters. The first kappa shape index (κ1) is 10.2. The first-order valence-electron chi connectivity index (χ1n) is 5.22. The van der Waals surface area contributed by atoms with Crippen LogP contribution in [0.5, 0.6) is 5.75 Å². The van der Waals surface area contributed by atoms with Crippen LogP contribution in [0, 0.1) is 0 Å². The summed E-state index contributed by atoms with van der Waals surface area (Å²) in [5.74, 6) is 0.835. The maximum Gasteiger partial charge on any atom is 0.182 e. The van der Waals surface area contributed by atoms with E-state index in [-0.39, 0.29) is 5.78 Å². The van der Waals surface area contributed by atoms with Crippen LogP contribution in [-0.2, 0) is 0 Å². The van der Waals surface area contributed by atoms with E-state index in [9.17, 15) is 4.79 Å². The molecule has 0 bridgehead atoms. The van der Waals surface area contributed by atoms with Crippen molar-refractivity contribution in [2.24, 2.45) is 5.73 Å². The van der Waals surface area contributed by atoms with Crippen LogP contribution in [0.25, 0.3) is 0 Å². The summed E-state index contributed by atoms with van der Waals surface area (Å²) in [5.41, 5.74) is 5.94. The molecule has 0 radical (unpaired) electrons. The number of hydrogen-bond acceptors (Lipinski definition) is 3. The number of ketones is 1. The molecule has 1 aromatic rings. The molecule has 1 aliphatic carbocycles. The van der Waals surface area contributed by atoms with Crippen molar-refractivity contribution in [3.63, 3.8) is 0 Å². The lowest BCUT2D eigenvalue weighted by atomic mass is 10.0. The largest absolute Gasteiger partial charge is 0.494 e. The van der Waals surface area contributed by atoms with E-state index < -0.39 is 5.54 Å². The van der Waals surface area contributed by atoms with Gasteiger partial charge in [0.25, 0.3) is 0 Å². The highest BCUT2D eigenvalue weighted by atomic mass is 16.5. The highest BCUT2D eigenvalue weighted by Crippen LogP contribution is 2.35. The van der Waals surface area contributed by atoms with Crippen molar-refractivity contribution in [3.05, 3.63) is 29.8 Å². The maximum absolute atomic E-state index is 11.8. The molecule has 0 aromatic heterocycles. The van der Waals surface area contributed by atoms with Gasteiger partial charge in [-0.05, 0) is 44.0 Å². The smallest absolute Gasteiger partial charge is 0.182 e. The second-order valence-corrected chi connectivity index (χ2v) is 3.94. The molecule has 2 rings (SSSR count). The van der Waals surface area contributed by atoms with Gasteiger partial charge in [-0.15, -0.1) is 0 Å². The summed E-state index contributed by atoms with van der Waals surface area (Å²) in [6.45, 7) is 2.56. The van der Waals surface area contributed by atoms with Gasteiger partial charge in [0.05, 0.1) is 12.1 Å². The Hall–Kier alpha value is -1.35. The SMILES string of the molecule is CCOc1ccc(C(=O)C2(N)CC2)cc1. The summed E-state index contributed by atoms with van der Waals surface area (Å²) in [6.07, 6.45) is 1.61. The summed E-state index contributed by atoms with van der Waals surface area (Å²) < 4.78 is 5.30. The van der Waals surface area contributed by atoms with E-state index in [1.807, 2.05) is 19.1 Å². The number of nitrogens with two attached hydrogens (primary N) is 1. The average Bonchev–Trinajstić information content (AvgIpc) is 2.99. The van der Waals surface area contributed by atoms with E-state index in [1.165, 1.54) is 0 Å². The standard InChI is InChI=1S/C12H15NO2/c1-2-15-10-5-3-9(4-6-10)11(14)12(13)7-8-12/h3-6H,2,7-8,13H2,1H3. The number of benzene rings is 1. The lowest BCUT2D eigenvalue weighted by Crippen LogP contribution is -2.32. The first-order chi connectivity index (χ1) is 7.15. The van der Waals surface area contributed by atoms with E-state index in [0.717, 1.165) is 18.6 Å². The number of Topliss-reactive ketones (excluding diaryl/α,β-unsaturated/α-hetero) is 1. The molecule has 3 nitrogen and oxygen atoms in total. The van der Waals surface area contributed by atoms with Crippen molar-refractivity contribution in [2.45, 2.75) is 25.3 Å². The molecule has 0 amide bonds. The van der Waals surface area contributed by atoms with E-state index in [0.29, 0.717) is 12.2 Å². The Morgan fingerprint density at radius 3 is 2.47 bits per heavy atom. The van der Waals surface area contributed by atoms with E-state index in [2.05, 4.69) is 0 Å². The monoisotopic (exact) mass is 205 g/mol. The third kappa shape index (κ3) is 2.02. The van der Waals surface area contributed by atoms with Crippen molar-refractivity contribution in [3.8, 4) is 5.75 Å². The van der Waals surface area contributed by atoms with Gasteiger partial charge in [0.2, 0.25) is 0 Å². The number of hydrogen-bond donors (Lipinski definition) is 1. The molecule has 1 aliphatic rings. The molecule has 3 heteroatoms. The van der Waals surface area contributed by atoms with Gasteiger partial charge in [0.15, 0.2) is 5.78 Å². The number of carbonyl (C=O) groups excluding carboxylic acids is 1. The Balaban J connectivity index is 2.13. The third-order valence-corrected chi connectivity index (χ3v) is 2.67. The van der Waals surface area contributed by atoms with Gasteiger partial charge < -0.3 is 10.5 Å². The molecule has 1 aromatic carbocycles. The Kier molecular flexibility index (Phi) is 2.49. The Morgan fingerprint density at radius 1 is 1.40 bits per heavy atom. The molecule has 1 fully saturated rings. The fourth-order valence-electron chi connectivity index (χ4n) is 1.52. The zero-order valence-electron chi connectivity index (χ0n) is 8.82. The summed E-state index contributed by atoms with van der Waals surface area (Å²) in [5, 5.41) is 0. The predicted molar refractivity (Wildman–Crippen MR) is 58.1 cm³/mol. The summed E-state index contributed by atoms with van der Waals surface area (Å²) in [7, 11) is 0. The maximum atomic E-state index is 11.8. The Morgan fingerprint density at radius 2 is 2.00 bits per heavy atom. The zero-order chi connectivity index (χ0) is 10.9. The third-order valence-electron chi connectivity index (χ3n) is 2.67. The van der Waals surface area contributed by atoms with Crippen LogP contribution in [0.15, 0.2) is 24.3 Å². The summed E-state index contributed by atoms with van der Waals surface area (Å²) in [4.78, 5) is 11.8. The van der Waals surface area contributed by atoms with Gasteiger partial charge in [0.1, 0.15) is 5.75 Å². The van der Waals surface area contributed by atoms with Crippen molar-refractivity contribution in [2.75, 3.05) is 6.61 Å². The van der Waals surface area contributed by atoms with Gasteiger partial charge in [0, 0.05) is 5.56 Å². The molecular weight excluding hydrogens is 190 g/mol. The predicted octanol–water partition coefficient (Wildman–Crippen LogP) is 1.76. The van der Waals surface area contributed by atoms with E-state index >= 15 is 0 Å². The molecular formula is C12H15NO2. The van der Waals surface area contributed by atoms with Crippen LogP contribution < -0.4 is 10.5 Å². The van der Waals surface area contributed by atoms with Crippen LogP contribution in [-0.4, -0.2) is 17.9 Å². The average molecular weight is 205 g/mol. The van der Waals surface area contributed by atoms with Crippen LogP contribution >= 0.6 is 0 Å². The molecule has 0 atom stereocenters. The van der Waals surface area contributed by atoms with Gasteiger partial charge in [-0.1, -0.05) is 0 Å². The van der Waals surface area contributed by atoms with Crippen molar-refractivity contribution >= 4 is 5.78 Å². The molecule has 15 heavy (non-hydrogen) atoms. The second-order valence-electron chi connectivity index (χ2n) is 3.94. The van der Waals surface area contributed by atoms with Crippen LogP contribution in [0.4, 0.5) is 0 Å². The van der Waals surface area contributed by atoms with Gasteiger partial charge >= 0.3 is 0 Å². The lowest BCUT2D eigenvalue weighted by molar-refractivity contribution is 0.0949. The Bertz CT molecular complexity index is 366. The van der Waals surface area contributed by atoms with Crippen LogP contribution in [0.1, 0.15) is 30.1 Å². The summed E-state index contributed by atoms with van der Waals surface area (Å²) >= 11 is 0. The normalized spacial score (nSPS) is 17.2. The van der Waals surface area contributed by atoms with Crippen LogP contribution in [0.3, 0.4) is 0 Å². The zero-order valence-corrected chi connectivity index (χ0v) is 8.82. The Labute approximate surface area is 89.2 Å². The molecule has 80 valence electrons. The highest BCUT2D eigenvalue weighted by molar-refractivity contribution is 6.05. The molecule has 2 N–H and O–H groups in total. The fourth-order valence-corrected chi connectivity index (χ4v) is 1.52. The minimum absolute atomic E-state index is 0.0468. The van der Waals surface area contributed by atoms with Gasteiger partial charge in [-0.25, -0.2) is 0 Å². The topological polar surface area (TPSA) is 52.3 Å². The van der Waals surface area contributed by atoms with Crippen molar-refractivity contribution in [1.29, 1.82) is 0 Å². The molecule has 1 saturated carbocycles. The minimum Gasteiger partial charge on any atom is -0.494 e. The van der Waals surface area contributed by atoms with Gasteiger partial charge in [-0.3, -0.25) is 4.79 Å². The molecule has 0 saturated heterocycles. The molecule has 0 heterocycles. The first-order valence-corrected chi connectivity index (χ1v) is 5.22. The number of ether oxygens (including phenoxy) is 1.